The Labute approximate surface area is 160 Å². The maximum Gasteiger partial charge on any atom is 0.331 e. The average molecular weight is 369 g/mol. The van der Waals surface area contributed by atoms with Crippen molar-refractivity contribution in [1.82, 2.24) is 0 Å². The van der Waals surface area contributed by atoms with Crippen LogP contribution in [0.1, 0.15) is 33.3 Å². The van der Waals surface area contributed by atoms with Gasteiger partial charge in [0.15, 0.2) is 0 Å². The zero-order valence-electron chi connectivity index (χ0n) is 16.7. The second-order valence-corrected chi connectivity index (χ2v) is 6.68. The van der Waals surface area contributed by atoms with Gasteiger partial charge in [-0.1, -0.05) is 12.1 Å². The molecule has 2 N–H and O–H groups in total. The van der Waals surface area contributed by atoms with Gasteiger partial charge in [0.1, 0.15) is 11.5 Å². The third-order valence-corrected chi connectivity index (χ3v) is 4.46. The van der Waals surface area contributed by atoms with Crippen LogP contribution in [0.5, 0.6) is 11.5 Å². The quantitative estimate of drug-likeness (QED) is 0.667. The molecule has 144 valence electrons. The first-order valence-corrected chi connectivity index (χ1v) is 8.82. The van der Waals surface area contributed by atoms with Crippen LogP contribution in [0, 0.1) is 0 Å². The maximum absolute atomic E-state index is 11.3. The predicted octanol–water partition coefficient (Wildman–Crippen LogP) is 5.07. The number of methoxy groups -OCH3 is 2. The fourth-order valence-electron chi connectivity index (χ4n) is 2.86. The van der Waals surface area contributed by atoms with Gasteiger partial charge in [0.05, 0.1) is 14.2 Å². The molecule has 0 spiro atoms. The first-order valence-electron chi connectivity index (χ1n) is 8.82. The van der Waals surface area contributed by atoms with E-state index in [0.29, 0.717) is 28.7 Å². The molecule has 0 atom stereocenters. The molecule has 0 aromatic heterocycles. The number of hydrogen-bond acceptors (Lipinski definition) is 4. The van der Waals surface area contributed by atoms with Gasteiger partial charge in [-0.15, -0.1) is 0 Å². The molecular formula is C22H27NO4. The van der Waals surface area contributed by atoms with Gasteiger partial charge in [0.2, 0.25) is 0 Å². The van der Waals surface area contributed by atoms with Gasteiger partial charge in [-0.3, -0.25) is 0 Å². The Bertz CT molecular complexity index is 851. The molecule has 0 radical (unpaired) electrons. The third-order valence-electron chi connectivity index (χ3n) is 4.46. The number of carboxylic acids is 1. The molecule has 5 heteroatoms. The van der Waals surface area contributed by atoms with Crippen molar-refractivity contribution in [2.75, 3.05) is 19.5 Å². The first-order chi connectivity index (χ1) is 12.8. The van der Waals surface area contributed by atoms with E-state index in [2.05, 4.69) is 19.2 Å². The highest BCUT2D eigenvalue weighted by Gasteiger charge is 2.17. The molecule has 0 unspecified atom stereocenters. The first kappa shape index (κ1) is 20.4. The van der Waals surface area contributed by atoms with Gasteiger partial charge >= 0.3 is 5.97 Å². The van der Waals surface area contributed by atoms with Crippen molar-refractivity contribution in [2.45, 2.75) is 33.7 Å². The van der Waals surface area contributed by atoms with E-state index in [-0.39, 0.29) is 5.57 Å². The molecule has 27 heavy (non-hydrogen) atoms. The molecule has 0 saturated heterocycles. The summed E-state index contributed by atoms with van der Waals surface area (Å²) in [7, 11) is 3.18. The lowest BCUT2D eigenvalue weighted by molar-refractivity contribution is -0.132. The SMILES string of the molecule is COc1cc(-c2ccc(NC(C)C)cc2)c(OC)cc1/C(C)=C(\C)C(=O)O. The standard InChI is InChI=1S/C22H27NO4/c1-13(2)23-17-9-7-16(8-10-17)19-12-20(26-5)18(11-21(19)27-6)14(3)15(4)22(24)25/h7-13,23H,1-6H3,(H,24,25)/b15-14+. The van der Waals surface area contributed by atoms with Gasteiger partial charge in [0, 0.05) is 28.4 Å². The summed E-state index contributed by atoms with van der Waals surface area (Å²) in [4.78, 5) is 11.3. The summed E-state index contributed by atoms with van der Waals surface area (Å²) in [6.07, 6.45) is 0. The van der Waals surface area contributed by atoms with Crippen molar-refractivity contribution in [3.05, 3.63) is 47.5 Å². The second kappa shape index (κ2) is 8.62. The maximum atomic E-state index is 11.3. The molecule has 0 heterocycles. The van der Waals surface area contributed by atoms with E-state index in [4.69, 9.17) is 9.47 Å². The van der Waals surface area contributed by atoms with Crippen LogP contribution >= 0.6 is 0 Å². The Kier molecular flexibility index (Phi) is 6.50. The number of aliphatic carboxylic acids is 1. The summed E-state index contributed by atoms with van der Waals surface area (Å²) in [6.45, 7) is 7.54. The van der Waals surface area contributed by atoms with E-state index < -0.39 is 5.97 Å². The van der Waals surface area contributed by atoms with E-state index in [1.807, 2.05) is 36.4 Å². The highest BCUT2D eigenvalue weighted by atomic mass is 16.5. The number of carbonyl (C=O) groups is 1. The van der Waals surface area contributed by atoms with Crippen LogP contribution in [0.25, 0.3) is 16.7 Å². The molecule has 0 aliphatic carbocycles. The van der Waals surface area contributed by atoms with Gasteiger partial charge in [0.25, 0.3) is 0 Å². The van der Waals surface area contributed by atoms with Crippen LogP contribution in [-0.4, -0.2) is 31.3 Å². The van der Waals surface area contributed by atoms with E-state index in [1.165, 1.54) is 0 Å². The van der Waals surface area contributed by atoms with Gasteiger partial charge in [-0.25, -0.2) is 4.79 Å². The van der Waals surface area contributed by atoms with E-state index in [1.54, 1.807) is 28.1 Å². The molecule has 0 amide bonds. The zero-order chi connectivity index (χ0) is 20.1. The molecule has 5 nitrogen and oxygen atoms in total. The van der Waals surface area contributed by atoms with Crippen molar-refractivity contribution in [3.63, 3.8) is 0 Å². The zero-order valence-corrected chi connectivity index (χ0v) is 16.7. The fourth-order valence-corrected chi connectivity index (χ4v) is 2.86. The van der Waals surface area contributed by atoms with E-state index >= 15 is 0 Å². The lowest BCUT2D eigenvalue weighted by Gasteiger charge is -2.17. The average Bonchev–Trinajstić information content (AvgIpc) is 2.65. The number of nitrogens with one attached hydrogen (secondary N) is 1. The Morgan fingerprint density at radius 3 is 2.07 bits per heavy atom. The largest absolute Gasteiger partial charge is 0.496 e. The molecule has 0 bridgehead atoms. The summed E-state index contributed by atoms with van der Waals surface area (Å²) >= 11 is 0. The van der Waals surface area contributed by atoms with Gasteiger partial charge in [-0.2, -0.15) is 0 Å². The minimum absolute atomic E-state index is 0.271. The van der Waals surface area contributed by atoms with E-state index in [0.717, 1.165) is 16.8 Å². The Balaban J connectivity index is 2.56. The van der Waals surface area contributed by atoms with Crippen molar-refractivity contribution < 1.29 is 19.4 Å². The minimum atomic E-state index is -0.953. The van der Waals surface area contributed by atoms with Crippen LogP contribution in [0.2, 0.25) is 0 Å². The molecule has 2 aromatic rings. The van der Waals surface area contributed by atoms with E-state index in [9.17, 15) is 9.90 Å². The van der Waals surface area contributed by atoms with Crippen LogP contribution in [0.3, 0.4) is 0 Å². The molecule has 0 aliphatic rings. The number of hydrogen-bond donors (Lipinski definition) is 2. The Morgan fingerprint density at radius 2 is 1.59 bits per heavy atom. The molecule has 2 aromatic carbocycles. The van der Waals surface area contributed by atoms with Crippen molar-refractivity contribution in [2.24, 2.45) is 0 Å². The molecule has 2 rings (SSSR count). The van der Waals surface area contributed by atoms with Gasteiger partial charge in [-0.05, 0) is 63.1 Å². The number of benzene rings is 2. The van der Waals surface area contributed by atoms with Crippen molar-refractivity contribution in [1.29, 1.82) is 0 Å². The van der Waals surface area contributed by atoms with Crippen molar-refractivity contribution in [3.8, 4) is 22.6 Å². The van der Waals surface area contributed by atoms with Gasteiger partial charge < -0.3 is 19.9 Å². The smallest absolute Gasteiger partial charge is 0.331 e. The summed E-state index contributed by atoms with van der Waals surface area (Å²) in [5.41, 5.74) is 4.54. The highest BCUT2D eigenvalue weighted by Crippen LogP contribution is 2.39. The highest BCUT2D eigenvalue weighted by molar-refractivity contribution is 5.96. The Morgan fingerprint density at radius 1 is 1.00 bits per heavy atom. The second-order valence-electron chi connectivity index (χ2n) is 6.68. The van der Waals surface area contributed by atoms with Crippen molar-refractivity contribution >= 4 is 17.2 Å². The topological polar surface area (TPSA) is 67.8 Å². The van der Waals surface area contributed by atoms with Crippen LogP contribution in [-0.2, 0) is 4.79 Å². The molecule has 0 fully saturated rings. The summed E-state index contributed by atoms with van der Waals surface area (Å²) in [5.74, 6) is 0.312. The summed E-state index contributed by atoms with van der Waals surface area (Å²) in [6, 6.07) is 12.2. The number of ether oxygens (including phenoxy) is 2. The minimum Gasteiger partial charge on any atom is -0.496 e. The summed E-state index contributed by atoms with van der Waals surface area (Å²) in [5, 5.41) is 12.7. The lowest BCUT2D eigenvalue weighted by Crippen LogP contribution is -2.09. The predicted molar refractivity (Wildman–Crippen MR) is 110 cm³/mol. The molecular weight excluding hydrogens is 342 g/mol. The number of allylic oxidation sites excluding steroid dienone is 1. The third kappa shape index (κ3) is 4.61. The van der Waals surface area contributed by atoms with Crippen LogP contribution in [0.4, 0.5) is 5.69 Å². The lowest BCUT2D eigenvalue weighted by atomic mass is 9.96. The normalized spacial score (nSPS) is 11.8. The number of carboxylic acid groups (broad SMARTS) is 1. The summed E-state index contributed by atoms with van der Waals surface area (Å²) < 4.78 is 11.1. The Hall–Kier alpha value is -2.95. The van der Waals surface area contributed by atoms with Crippen LogP contribution in [0.15, 0.2) is 42.0 Å². The fraction of sp³-hybridized carbons (Fsp3) is 0.318. The van der Waals surface area contributed by atoms with Crippen LogP contribution < -0.4 is 14.8 Å². The molecule has 0 aliphatic heterocycles. The number of anilines is 1. The molecule has 0 saturated carbocycles. The number of rotatable bonds is 7. The monoisotopic (exact) mass is 369 g/mol.